The maximum absolute atomic E-state index is 9.75. The highest BCUT2D eigenvalue weighted by atomic mass is 16.6. The maximum Gasteiger partial charge on any atom is 0.135 e. The van der Waals surface area contributed by atoms with Crippen LogP contribution in [0.1, 0.15) is 20.3 Å². The minimum Gasteiger partial charge on any atom is -0.391 e. The van der Waals surface area contributed by atoms with Gasteiger partial charge in [-0.25, -0.2) is 0 Å². The summed E-state index contributed by atoms with van der Waals surface area (Å²) in [5.41, 5.74) is 0.293. The van der Waals surface area contributed by atoms with Crippen molar-refractivity contribution in [1.29, 1.82) is 0 Å². The average molecular weight is 231 g/mol. The van der Waals surface area contributed by atoms with Crippen LogP contribution in [0.2, 0.25) is 0 Å². The lowest BCUT2D eigenvalue weighted by atomic mass is 10.0. The Balaban J connectivity index is 4.72. The monoisotopic (exact) mass is 231 g/mol. The molecule has 0 fully saturated rings. The second-order valence-electron chi connectivity index (χ2n) is 3.42. The first-order valence-corrected chi connectivity index (χ1v) is 5.28. The smallest absolute Gasteiger partial charge is 0.135 e. The Morgan fingerprint density at radius 3 is 2.50 bits per heavy atom. The van der Waals surface area contributed by atoms with Gasteiger partial charge in [0.25, 0.3) is 0 Å². The molecule has 0 amide bonds. The van der Waals surface area contributed by atoms with Crippen LogP contribution >= 0.6 is 0 Å². The number of hydrogen-bond donors (Lipinski definition) is 2. The van der Waals surface area contributed by atoms with Gasteiger partial charge in [-0.1, -0.05) is 24.7 Å². The number of aliphatic hydroxyl groups excluding tert-OH is 2. The largest absolute Gasteiger partial charge is 0.391 e. The van der Waals surface area contributed by atoms with Crippen LogP contribution in [-0.4, -0.2) is 48.0 Å². The lowest BCUT2D eigenvalue weighted by Gasteiger charge is -2.21. The molecule has 0 rings (SSSR count). The first kappa shape index (κ1) is 15.1. The van der Waals surface area contributed by atoms with Gasteiger partial charge in [0.05, 0.1) is 6.10 Å². The van der Waals surface area contributed by atoms with Crippen LogP contribution < -0.4 is 0 Å². The lowest BCUT2D eigenvalue weighted by Crippen LogP contribution is -2.40. The standard InChI is InChI=1S/C11H21NO4/c1-5-7-16-12-10(9(6-2)15-4)11(14)8(3)13/h5,8-9,11,13-14H,1,6-7H2,2-4H3/b12-10-/t8-,9+,11+/m1/s1. The second kappa shape index (κ2) is 8.27. The van der Waals surface area contributed by atoms with E-state index in [1.807, 2.05) is 6.92 Å². The number of methoxy groups -OCH3 is 1. The Bertz CT molecular complexity index is 220. The minimum atomic E-state index is -1.09. The molecule has 0 radical (unpaired) electrons. The van der Waals surface area contributed by atoms with Gasteiger partial charge in [0, 0.05) is 7.11 Å². The summed E-state index contributed by atoms with van der Waals surface area (Å²) in [4.78, 5) is 4.92. The van der Waals surface area contributed by atoms with E-state index in [0.717, 1.165) is 0 Å². The molecule has 94 valence electrons. The zero-order chi connectivity index (χ0) is 12.6. The molecular weight excluding hydrogens is 210 g/mol. The SMILES string of the molecule is C=CCO/N=C(/[C@H](CC)OC)[C@@H](O)[C@@H](C)O. The summed E-state index contributed by atoms with van der Waals surface area (Å²) in [7, 11) is 1.52. The number of hydrogen-bond acceptors (Lipinski definition) is 5. The Kier molecular flexibility index (Phi) is 7.80. The van der Waals surface area contributed by atoms with Gasteiger partial charge in [-0.15, -0.1) is 0 Å². The molecule has 3 atom stereocenters. The normalized spacial score (nSPS) is 17.7. The van der Waals surface area contributed by atoms with Crippen molar-refractivity contribution in [1.82, 2.24) is 0 Å². The number of oxime groups is 1. The van der Waals surface area contributed by atoms with Crippen LogP contribution in [0.3, 0.4) is 0 Å². The number of rotatable bonds is 8. The van der Waals surface area contributed by atoms with Crippen LogP contribution in [0.4, 0.5) is 0 Å². The molecule has 16 heavy (non-hydrogen) atoms. The molecule has 0 aromatic carbocycles. The van der Waals surface area contributed by atoms with Crippen LogP contribution in [0, 0.1) is 0 Å². The van der Waals surface area contributed by atoms with E-state index in [1.54, 1.807) is 6.08 Å². The summed E-state index contributed by atoms with van der Waals surface area (Å²) in [6, 6.07) is 0. The molecule has 0 bridgehead atoms. The summed E-state index contributed by atoms with van der Waals surface area (Å²) in [5, 5.41) is 22.9. The van der Waals surface area contributed by atoms with Crippen LogP contribution in [0.5, 0.6) is 0 Å². The van der Waals surface area contributed by atoms with Crippen molar-refractivity contribution in [3.05, 3.63) is 12.7 Å². The third-order valence-electron chi connectivity index (χ3n) is 2.11. The number of ether oxygens (including phenoxy) is 1. The highest BCUT2D eigenvalue weighted by Gasteiger charge is 2.26. The highest BCUT2D eigenvalue weighted by molar-refractivity contribution is 5.92. The van der Waals surface area contributed by atoms with Crippen LogP contribution in [-0.2, 0) is 9.57 Å². The molecule has 0 spiro atoms. The van der Waals surface area contributed by atoms with E-state index in [2.05, 4.69) is 11.7 Å². The Morgan fingerprint density at radius 2 is 2.12 bits per heavy atom. The zero-order valence-electron chi connectivity index (χ0n) is 10.1. The molecule has 0 aliphatic heterocycles. The molecule has 0 saturated carbocycles. The van der Waals surface area contributed by atoms with Crippen molar-refractivity contribution >= 4 is 5.71 Å². The van der Waals surface area contributed by atoms with E-state index < -0.39 is 12.2 Å². The zero-order valence-corrected chi connectivity index (χ0v) is 10.1. The van der Waals surface area contributed by atoms with E-state index in [1.165, 1.54) is 14.0 Å². The van der Waals surface area contributed by atoms with Gasteiger partial charge in [-0.05, 0) is 13.3 Å². The van der Waals surface area contributed by atoms with Crippen molar-refractivity contribution in [2.45, 2.75) is 38.6 Å². The van der Waals surface area contributed by atoms with Gasteiger partial charge in [-0.2, -0.15) is 0 Å². The summed E-state index contributed by atoms with van der Waals surface area (Å²) >= 11 is 0. The van der Waals surface area contributed by atoms with Crippen molar-refractivity contribution in [3.8, 4) is 0 Å². The predicted molar refractivity (Wildman–Crippen MR) is 62.4 cm³/mol. The van der Waals surface area contributed by atoms with Crippen molar-refractivity contribution < 1.29 is 19.8 Å². The van der Waals surface area contributed by atoms with Crippen molar-refractivity contribution in [2.24, 2.45) is 5.16 Å². The van der Waals surface area contributed by atoms with Crippen LogP contribution in [0.15, 0.2) is 17.8 Å². The lowest BCUT2D eigenvalue weighted by molar-refractivity contribution is 0.0531. The minimum absolute atomic E-state index is 0.246. The van der Waals surface area contributed by atoms with E-state index in [0.29, 0.717) is 12.1 Å². The second-order valence-corrected chi connectivity index (χ2v) is 3.42. The van der Waals surface area contributed by atoms with Crippen molar-refractivity contribution in [3.63, 3.8) is 0 Å². The molecule has 2 N–H and O–H groups in total. The number of aliphatic hydroxyl groups is 2. The molecule has 0 aliphatic carbocycles. The van der Waals surface area contributed by atoms with Gasteiger partial charge in [0.2, 0.25) is 0 Å². The Hall–Kier alpha value is -0.910. The molecule has 0 saturated heterocycles. The number of nitrogens with zero attached hydrogens (tertiary/aromatic N) is 1. The molecular formula is C11H21NO4. The summed E-state index contributed by atoms with van der Waals surface area (Å²) < 4.78 is 5.16. The third-order valence-corrected chi connectivity index (χ3v) is 2.11. The average Bonchev–Trinajstić information content (AvgIpc) is 2.27. The van der Waals surface area contributed by atoms with Gasteiger partial charge >= 0.3 is 0 Å². The van der Waals surface area contributed by atoms with Crippen LogP contribution in [0.25, 0.3) is 0 Å². The molecule has 0 heterocycles. The molecule has 5 heteroatoms. The topological polar surface area (TPSA) is 71.3 Å². The summed E-state index contributed by atoms with van der Waals surface area (Å²) in [6.45, 7) is 7.11. The molecule has 0 unspecified atom stereocenters. The van der Waals surface area contributed by atoms with Gasteiger partial charge in [0.15, 0.2) is 0 Å². The van der Waals surface area contributed by atoms with E-state index in [-0.39, 0.29) is 12.7 Å². The van der Waals surface area contributed by atoms with E-state index in [9.17, 15) is 10.2 Å². The van der Waals surface area contributed by atoms with Gasteiger partial charge in [-0.3, -0.25) is 0 Å². The first-order chi connectivity index (χ1) is 7.58. The Morgan fingerprint density at radius 1 is 1.50 bits per heavy atom. The predicted octanol–water partition coefficient (Wildman–Crippen LogP) is 0.712. The highest BCUT2D eigenvalue weighted by Crippen LogP contribution is 2.08. The molecule has 0 aromatic heterocycles. The summed E-state index contributed by atoms with van der Waals surface area (Å²) in [6.07, 6.45) is -0.195. The van der Waals surface area contributed by atoms with Gasteiger partial charge in [0.1, 0.15) is 24.5 Å². The fourth-order valence-corrected chi connectivity index (χ4v) is 1.21. The molecule has 0 aliphatic rings. The Labute approximate surface area is 96.4 Å². The third kappa shape index (κ3) is 4.74. The van der Waals surface area contributed by atoms with Gasteiger partial charge < -0.3 is 19.8 Å². The van der Waals surface area contributed by atoms with Crippen molar-refractivity contribution in [2.75, 3.05) is 13.7 Å². The first-order valence-electron chi connectivity index (χ1n) is 5.28. The summed E-state index contributed by atoms with van der Waals surface area (Å²) in [5.74, 6) is 0. The van der Waals surface area contributed by atoms with E-state index in [4.69, 9.17) is 9.57 Å². The molecule has 5 nitrogen and oxygen atoms in total. The quantitative estimate of drug-likeness (QED) is 0.279. The molecule has 0 aromatic rings. The van der Waals surface area contributed by atoms with E-state index >= 15 is 0 Å². The fraction of sp³-hybridized carbons (Fsp3) is 0.727. The fourth-order valence-electron chi connectivity index (χ4n) is 1.21. The maximum atomic E-state index is 9.75.